The molecule has 0 saturated heterocycles. The van der Waals surface area contributed by atoms with Crippen molar-refractivity contribution < 1.29 is 38.4 Å². The van der Waals surface area contributed by atoms with Crippen molar-refractivity contribution in [2.24, 2.45) is 5.92 Å². The van der Waals surface area contributed by atoms with Crippen LogP contribution < -0.4 is 0 Å². The fourth-order valence-electron chi connectivity index (χ4n) is 2.30. The second-order valence-electron chi connectivity index (χ2n) is 5.82. The molecule has 0 bridgehead atoms. The molecule has 0 aliphatic heterocycles. The van der Waals surface area contributed by atoms with Crippen LogP contribution in [0.3, 0.4) is 0 Å². The van der Waals surface area contributed by atoms with Gasteiger partial charge in [-0.15, -0.1) is 0 Å². The molecule has 0 amide bonds. The zero-order valence-electron chi connectivity index (χ0n) is 14.6. The highest BCUT2D eigenvalue weighted by atomic mass is 35.5. The fraction of sp³-hybridized carbons (Fsp3) is 0.471. The number of hydrogen-bond acceptors (Lipinski definition) is 6. The topological polar surface area (TPSA) is 127 Å². The minimum absolute atomic E-state index is 0.0199. The molecular weight excluding hydrogens is 399 g/mol. The maximum absolute atomic E-state index is 13.2. The van der Waals surface area contributed by atoms with Gasteiger partial charge < -0.3 is 19.5 Å². The highest BCUT2D eigenvalue weighted by Crippen LogP contribution is 2.50. The van der Waals surface area contributed by atoms with Gasteiger partial charge in [0.25, 0.3) is 0 Å². The lowest BCUT2D eigenvalue weighted by Gasteiger charge is -2.22. The summed E-state index contributed by atoms with van der Waals surface area (Å²) in [5, 5.41) is 18.1. The van der Waals surface area contributed by atoms with Crippen molar-refractivity contribution in [1.82, 2.24) is 0 Å². The maximum Gasteiger partial charge on any atom is 0.307 e. The number of halogens is 1. The lowest BCUT2D eigenvalue weighted by molar-refractivity contribution is -0.142. The summed E-state index contributed by atoms with van der Waals surface area (Å²) in [7, 11) is -3.55. The summed E-state index contributed by atoms with van der Waals surface area (Å²) >= 11 is 5.31. The molecule has 1 aromatic rings. The standard InChI is InChI=1S/C17H22ClO8P/c18-12-25-16(21)8-9-27(24,26-10-13-4-2-1-3-5-13)11-14(17(22)23)6-7-15(19)20/h1-5,14H,6-12H2,(H,19,20)(H,22,23). The van der Waals surface area contributed by atoms with Gasteiger partial charge in [-0.1, -0.05) is 41.9 Å². The van der Waals surface area contributed by atoms with Crippen molar-refractivity contribution >= 4 is 36.9 Å². The summed E-state index contributed by atoms with van der Waals surface area (Å²) in [6, 6.07) is 8.52. The van der Waals surface area contributed by atoms with E-state index >= 15 is 0 Å². The smallest absolute Gasteiger partial charge is 0.307 e. The van der Waals surface area contributed by atoms with Gasteiger partial charge in [-0.25, -0.2) is 0 Å². The van der Waals surface area contributed by atoms with Crippen LogP contribution in [0.15, 0.2) is 30.3 Å². The average Bonchev–Trinajstić information content (AvgIpc) is 2.63. The second kappa shape index (κ2) is 11.7. The molecule has 0 aliphatic carbocycles. The van der Waals surface area contributed by atoms with Crippen LogP contribution in [-0.4, -0.2) is 46.5 Å². The maximum atomic E-state index is 13.2. The van der Waals surface area contributed by atoms with Gasteiger partial charge in [0.15, 0.2) is 6.07 Å². The summed E-state index contributed by atoms with van der Waals surface area (Å²) < 4.78 is 23.3. The molecule has 2 atom stereocenters. The first-order valence-corrected chi connectivity index (χ1v) is 10.7. The third kappa shape index (κ3) is 9.56. The Morgan fingerprint density at radius 2 is 1.78 bits per heavy atom. The zero-order valence-corrected chi connectivity index (χ0v) is 16.2. The van der Waals surface area contributed by atoms with Crippen LogP contribution in [0.4, 0.5) is 0 Å². The number of esters is 1. The van der Waals surface area contributed by atoms with Gasteiger partial charge in [0.05, 0.1) is 18.9 Å². The first-order valence-electron chi connectivity index (χ1n) is 8.18. The van der Waals surface area contributed by atoms with Crippen LogP contribution in [0.5, 0.6) is 0 Å². The molecule has 2 N–H and O–H groups in total. The Balaban J connectivity index is 2.85. The second-order valence-corrected chi connectivity index (χ2v) is 8.74. The Kier molecular flexibility index (Phi) is 10.1. The molecule has 8 nitrogen and oxygen atoms in total. The number of hydrogen-bond donors (Lipinski definition) is 2. The SMILES string of the molecule is O=C(O)CCC(CP(=O)(CCC(=O)OCCl)OCc1ccccc1)C(=O)O. The number of carbonyl (C=O) groups is 3. The largest absolute Gasteiger partial charge is 0.481 e. The Hall–Kier alpha value is -1.89. The third-order valence-corrected chi connectivity index (χ3v) is 6.35. The molecule has 0 heterocycles. The molecular formula is C17H22ClO8P. The lowest BCUT2D eigenvalue weighted by Crippen LogP contribution is -2.21. The van der Waals surface area contributed by atoms with Crippen molar-refractivity contribution in [1.29, 1.82) is 0 Å². The van der Waals surface area contributed by atoms with E-state index in [-0.39, 0.29) is 44.3 Å². The van der Waals surface area contributed by atoms with Crippen LogP contribution in [0.25, 0.3) is 0 Å². The van der Waals surface area contributed by atoms with Crippen molar-refractivity contribution in [2.75, 3.05) is 18.4 Å². The van der Waals surface area contributed by atoms with Crippen LogP contribution in [-0.2, 0) is 34.8 Å². The summed E-state index contributed by atoms with van der Waals surface area (Å²) in [4.78, 5) is 33.7. The monoisotopic (exact) mass is 420 g/mol. The van der Waals surface area contributed by atoms with E-state index in [0.29, 0.717) is 0 Å². The predicted molar refractivity (Wildman–Crippen MR) is 98.0 cm³/mol. The zero-order chi connectivity index (χ0) is 20.3. The van der Waals surface area contributed by atoms with E-state index < -0.39 is 31.2 Å². The number of carbonyl (C=O) groups excluding carboxylic acids is 1. The minimum atomic E-state index is -3.55. The highest BCUT2D eigenvalue weighted by molar-refractivity contribution is 7.59. The van der Waals surface area contributed by atoms with Crippen LogP contribution in [0.1, 0.15) is 24.8 Å². The molecule has 27 heavy (non-hydrogen) atoms. The minimum Gasteiger partial charge on any atom is -0.481 e. The lowest BCUT2D eigenvalue weighted by atomic mass is 10.1. The van der Waals surface area contributed by atoms with Crippen LogP contribution in [0.2, 0.25) is 0 Å². The van der Waals surface area contributed by atoms with Gasteiger partial charge in [-0.3, -0.25) is 18.9 Å². The van der Waals surface area contributed by atoms with Gasteiger partial charge in [-0.2, -0.15) is 0 Å². The number of carboxylic acid groups (broad SMARTS) is 2. The Morgan fingerprint density at radius 1 is 1.11 bits per heavy atom. The van der Waals surface area contributed by atoms with Crippen molar-refractivity contribution in [3.8, 4) is 0 Å². The third-order valence-electron chi connectivity index (χ3n) is 3.74. The Bertz CT molecular complexity index is 679. The number of benzene rings is 1. The predicted octanol–water partition coefficient (Wildman–Crippen LogP) is 3.18. The van der Waals surface area contributed by atoms with Crippen LogP contribution in [0, 0.1) is 5.92 Å². The molecule has 1 rings (SSSR count). The first kappa shape index (κ1) is 23.1. The number of alkyl halides is 1. The van der Waals surface area contributed by atoms with Gasteiger partial charge in [0, 0.05) is 18.7 Å². The highest BCUT2D eigenvalue weighted by Gasteiger charge is 2.32. The van der Waals surface area contributed by atoms with E-state index in [2.05, 4.69) is 4.74 Å². The molecule has 0 saturated carbocycles. The normalized spacial score (nSPS) is 14.1. The first-order chi connectivity index (χ1) is 12.8. The number of aliphatic carboxylic acids is 2. The summed E-state index contributed by atoms with van der Waals surface area (Å²) in [6.07, 6.45) is -1.38. The quantitative estimate of drug-likeness (QED) is 0.283. The summed E-state index contributed by atoms with van der Waals surface area (Å²) in [5.41, 5.74) is 0.735. The molecule has 0 spiro atoms. The van der Waals surface area contributed by atoms with Crippen molar-refractivity contribution in [3.05, 3.63) is 35.9 Å². The van der Waals surface area contributed by atoms with Gasteiger partial charge in [0.2, 0.25) is 7.37 Å². The Labute approximate surface area is 161 Å². The number of rotatable bonds is 13. The molecule has 0 fully saturated rings. The van der Waals surface area contributed by atoms with Crippen molar-refractivity contribution in [2.45, 2.75) is 25.9 Å². The molecule has 0 aliphatic rings. The van der Waals surface area contributed by atoms with E-state index in [1.807, 2.05) is 0 Å². The van der Waals surface area contributed by atoms with Crippen molar-refractivity contribution in [3.63, 3.8) is 0 Å². The van der Waals surface area contributed by atoms with Gasteiger partial charge in [0.1, 0.15) is 0 Å². The van der Waals surface area contributed by atoms with E-state index in [1.54, 1.807) is 30.3 Å². The van der Waals surface area contributed by atoms with E-state index in [9.17, 15) is 24.1 Å². The molecule has 0 aromatic heterocycles. The Morgan fingerprint density at radius 3 is 2.33 bits per heavy atom. The fourth-order valence-corrected chi connectivity index (χ4v) is 4.75. The molecule has 1 aromatic carbocycles. The molecule has 150 valence electrons. The van der Waals surface area contributed by atoms with E-state index in [1.165, 1.54) is 0 Å². The number of carboxylic acids is 2. The average molecular weight is 421 g/mol. The van der Waals surface area contributed by atoms with Gasteiger partial charge >= 0.3 is 17.9 Å². The number of ether oxygens (including phenoxy) is 1. The summed E-state index contributed by atoms with van der Waals surface area (Å²) in [6.45, 7) is -0.0199. The van der Waals surface area contributed by atoms with E-state index in [0.717, 1.165) is 5.56 Å². The molecule has 2 unspecified atom stereocenters. The van der Waals surface area contributed by atoms with Gasteiger partial charge in [-0.05, 0) is 12.0 Å². The summed E-state index contributed by atoms with van der Waals surface area (Å²) in [5.74, 6) is -4.24. The van der Waals surface area contributed by atoms with E-state index in [4.69, 9.17) is 21.2 Å². The molecule has 0 radical (unpaired) electrons. The van der Waals surface area contributed by atoms with Crippen LogP contribution >= 0.6 is 19.0 Å². The molecule has 10 heteroatoms.